The van der Waals surface area contributed by atoms with Crippen molar-refractivity contribution in [1.82, 2.24) is 19.0 Å². The highest BCUT2D eigenvalue weighted by atomic mass is 35.5. The number of carbonyl (C=O) groups is 1. The minimum Gasteiger partial charge on any atom is -0.335 e. The molecule has 0 unspecified atom stereocenters. The summed E-state index contributed by atoms with van der Waals surface area (Å²) in [6.07, 6.45) is -4.75. The topological polar surface area (TPSA) is 75.5 Å². The minimum absolute atomic E-state index is 0.0255. The summed E-state index contributed by atoms with van der Waals surface area (Å²) < 4.78 is 65.9. The van der Waals surface area contributed by atoms with Gasteiger partial charge in [0.05, 0.1) is 0 Å². The number of aromatic nitrogens is 2. The number of halogens is 4. The van der Waals surface area contributed by atoms with Gasteiger partial charge in [-0.05, 0) is 11.4 Å². The predicted molar refractivity (Wildman–Crippen MR) is 92.2 cm³/mol. The summed E-state index contributed by atoms with van der Waals surface area (Å²) >= 11 is 6.83. The molecule has 0 aliphatic carbocycles. The SMILES string of the molecule is Cn1nc(C(=O)N2CCN(S(=O)(=O)c3cccs3)CC2)c(Cl)c1C(F)(F)F. The molecule has 1 amide bonds. The molecule has 0 saturated carbocycles. The van der Waals surface area contributed by atoms with E-state index in [1.54, 1.807) is 11.4 Å². The number of piperazine rings is 1. The van der Waals surface area contributed by atoms with Gasteiger partial charge in [-0.1, -0.05) is 17.7 Å². The lowest BCUT2D eigenvalue weighted by atomic mass is 10.2. The Bertz CT molecular complexity index is 949. The number of rotatable bonds is 3. The Balaban J connectivity index is 1.75. The maximum atomic E-state index is 13.0. The predicted octanol–water partition coefficient (Wildman–Crippen LogP) is 2.30. The summed E-state index contributed by atoms with van der Waals surface area (Å²) in [4.78, 5) is 13.8. The standard InChI is InChI=1S/C14H14ClF3N4O3S2/c1-20-12(14(16,17)18)10(15)11(19-20)13(23)21-4-6-22(7-5-21)27(24,25)9-3-2-8-26-9/h2-3,8H,4-7H2,1H3. The molecule has 1 aliphatic rings. The van der Waals surface area contributed by atoms with Crippen molar-refractivity contribution in [2.45, 2.75) is 10.4 Å². The van der Waals surface area contributed by atoms with Gasteiger partial charge >= 0.3 is 6.18 Å². The third-order valence-corrected chi connectivity index (χ3v) is 7.71. The fraction of sp³-hybridized carbons (Fsp3) is 0.429. The third-order valence-electron chi connectivity index (χ3n) is 4.08. The Morgan fingerprint density at radius 2 is 1.89 bits per heavy atom. The quantitative estimate of drug-likeness (QED) is 0.731. The largest absolute Gasteiger partial charge is 0.434 e. The van der Waals surface area contributed by atoms with Crippen LogP contribution in [0.15, 0.2) is 21.7 Å². The number of amides is 1. The zero-order valence-electron chi connectivity index (χ0n) is 13.9. The first kappa shape index (κ1) is 20.1. The summed E-state index contributed by atoms with van der Waals surface area (Å²) in [7, 11) is -2.59. The number of hydrogen-bond acceptors (Lipinski definition) is 5. The molecule has 0 spiro atoms. The van der Waals surface area contributed by atoms with Crippen molar-refractivity contribution in [3.8, 4) is 0 Å². The lowest BCUT2D eigenvalue weighted by Crippen LogP contribution is -2.50. The molecule has 1 fully saturated rings. The molecule has 3 rings (SSSR count). The summed E-state index contributed by atoms with van der Waals surface area (Å²) in [6.45, 7) is 0.112. The van der Waals surface area contributed by atoms with Gasteiger partial charge in [0.2, 0.25) is 0 Å². The first-order valence-electron chi connectivity index (χ1n) is 7.66. The molecular formula is C14H14ClF3N4O3S2. The van der Waals surface area contributed by atoms with Crippen LogP contribution in [0.1, 0.15) is 16.2 Å². The van der Waals surface area contributed by atoms with Crippen LogP contribution in [0, 0.1) is 0 Å². The van der Waals surface area contributed by atoms with E-state index in [-0.39, 0.29) is 30.4 Å². The summed E-state index contributed by atoms with van der Waals surface area (Å²) in [5.74, 6) is -0.765. The first-order valence-corrected chi connectivity index (χ1v) is 10.4. The molecule has 13 heteroatoms. The monoisotopic (exact) mass is 442 g/mol. The Morgan fingerprint density at radius 3 is 2.37 bits per heavy atom. The fourth-order valence-electron chi connectivity index (χ4n) is 2.76. The van der Waals surface area contributed by atoms with E-state index < -0.39 is 38.5 Å². The van der Waals surface area contributed by atoms with E-state index in [0.29, 0.717) is 4.68 Å². The molecule has 1 aliphatic heterocycles. The lowest BCUT2D eigenvalue weighted by molar-refractivity contribution is -0.143. The van der Waals surface area contributed by atoms with E-state index in [4.69, 9.17) is 11.6 Å². The average Bonchev–Trinajstić information content (AvgIpc) is 3.22. The second-order valence-corrected chi connectivity index (χ2v) is 9.25. The third kappa shape index (κ3) is 3.71. The van der Waals surface area contributed by atoms with Crippen LogP contribution in [-0.2, 0) is 23.2 Å². The molecular weight excluding hydrogens is 429 g/mol. The normalized spacial score (nSPS) is 16.7. The number of nitrogens with zero attached hydrogens (tertiary/aromatic N) is 4. The van der Waals surface area contributed by atoms with Gasteiger partial charge in [-0.25, -0.2) is 8.42 Å². The van der Waals surface area contributed by atoms with E-state index in [9.17, 15) is 26.4 Å². The van der Waals surface area contributed by atoms with Crippen LogP contribution in [0.25, 0.3) is 0 Å². The number of carbonyl (C=O) groups excluding carboxylic acids is 1. The molecule has 2 aromatic heterocycles. The van der Waals surface area contributed by atoms with Gasteiger partial charge in [-0.3, -0.25) is 9.48 Å². The highest BCUT2D eigenvalue weighted by molar-refractivity contribution is 7.91. The molecule has 0 bridgehead atoms. The van der Waals surface area contributed by atoms with Gasteiger partial charge in [0.25, 0.3) is 15.9 Å². The Morgan fingerprint density at radius 1 is 1.26 bits per heavy atom. The zero-order valence-corrected chi connectivity index (χ0v) is 16.3. The average molecular weight is 443 g/mol. The number of alkyl halides is 3. The molecule has 1 saturated heterocycles. The molecule has 3 heterocycles. The van der Waals surface area contributed by atoms with E-state index in [0.717, 1.165) is 18.4 Å². The van der Waals surface area contributed by atoms with Gasteiger partial charge in [0.15, 0.2) is 11.4 Å². The van der Waals surface area contributed by atoms with Gasteiger partial charge in [-0.2, -0.15) is 22.6 Å². The number of sulfonamides is 1. The van der Waals surface area contributed by atoms with E-state index in [1.807, 2.05) is 0 Å². The van der Waals surface area contributed by atoms with Crippen LogP contribution in [0.4, 0.5) is 13.2 Å². The van der Waals surface area contributed by atoms with Crippen molar-refractivity contribution in [2.75, 3.05) is 26.2 Å². The maximum Gasteiger partial charge on any atom is 0.434 e. The van der Waals surface area contributed by atoms with Crippen LogP contribution in [-0.4, -0.2) is 59.5 Å². The van der Waals surface area contributed by atoms with Crippen LogP contribution in [0.2, 0.25) is 5.02 Å². The molecule has 27 heavy (non-hydrogen) atoms. The second-order valence-electron chi connectivity index (χ2n) is 5.76. The smallest absolute Gasteiger partial charge is 0.335 e. The molecule has 2 aromatic rings. The summed E-state index contributed by atoms with van der Waals surface area (Å²) in [5.41, 5.74) is -1.70. The molecule has 0 aromatic carbocycles. The van der Waals surface area contributed by atoms with Crippen molar-refractivity contribution in [1.29, 1.82) is 0 Å². The van der Waals surface area contributed by atoms with E-state index >= 15 is 0 Å². The highest BCUT2D eigenvalue weighted by Gasteiger charge is 2.41. The Hall–Kier alpha value is -1.63. The second kappa shape index (κ2) is 7.08. The maximum absolute atomic E-state index is 13.0. The number of hydrogen-bond donors (Lipinski definition) is 0. The van der Waals surface area contributed by atoms with Gasteiger partial charge < -0.3 is 4.90 Å². The van der Waals surface area contributed by atoms with E-state index in [1.165, 1.54) is 15.3 Å². The zero-order chi connectivity index (χ0) is 20.0. The lowest BCUT2D eigenvalue weighted by Gasteiger charge is -2.33. The fourth-order valence-corrected chi connectivity index (χ4v) is 5.68. The Labute approximate surface area is 162 Å². The minimum atomic E-state index is -4.75. The van der Waals surface area contributed by atoms with Crippen molar-refractivity contribution in [2.24, 2.45) is 7.05 Å². The van der Waals surface area contributed by atoms with E-state index in [2.05, 4.69) is 5.10 Å². The molecule has 0 radical (unpaired) electrons. The van der Waals surface area contributed by atoms with Gasteiger partial charge in [-0.15, -0.1) is 11.3 Å². The molecule has 7 nitrogen and oxygen atoms in total. The highest BCUT2D eigenvalue weighted by Crippen LogP contribution is 2.36. The summed E-state index contributed by atoms with van der Waals surface area (Å²) in [5, 5.41) is 4.49. The van der Waals surface area contributed by atoms with Gasteiger partial charge in [0.1, 0.15) is 9.23 Å². The van der Waals surface area contributed by atoms with Crippen LogP contribution < -0.4 is 0 Å². The van der Waals surface area contributed by atoms with Gasteiger partial charge in [0, 0.05) is 33.2 Å². The van der Waals surface area contributed by atoms with Crippen LogP contribution in [0.5, 0.6) is 0 Å². The number of aryl methyl sites for hydroxylation is 1. The van der Waals surface area contributed by atoms with Crippen LogP contribution >= 0.6 is 22.9 Å². The van der Waals surface area contributed by atoms with Crippen molar-refractivity contribution < 1.29 is 26.4 Å². The van der Waals surface area contributed by atoms with Crippen molar-refractivity contribution >= 4 is 38.9 Å². The van der Waals surface area contributed by atoms with Crippen molar-refractivity contribution in [3.05, 3.63) is 33.9 Å². The number of thiophene rings is 1. The van der Waals surface area contributed by atoms with Crippen LogP contribution in [0.3, 0.4) is 0 Å². The molecule has 0 atom stereocenters. The molecule has 0 N–H and O–H groups in total. The Kier molecular flexibility index (Phi) is 5.27. The molecule has 148 valence electrons. The summed E-state index contributed by atoms with van der Waals surface area (Å²) in [6, 6.07) is 3.11. The first-order chi connectivity index (χ1) is 12.5. The van der Waals surface area contributed by atoms with Crippen molar-refractivity contribution in [3.63, 3.8) is 0 Å².